The van der Waals surface area contributed by atoms with Crippen molar-refractivity contribution in [2.24, 2.45) is 10.9 Å². The number of likely N-dealkylation sites (tertiary alicyclic amines) is 1. The molecule has 1 amide bonds. The molecule has 6 nitrogen and oxygen atoms in total. The van der Waals surface area contributed by atoms with E-state index in [0.29, 0.717) is 5.92 Å². The Morgan fingerprint density at radius 1 is 1.06 bits per heavy atom. The first-order valence-corrected chi connectivity index (χ1v) is 11.6. The van der Waals surface area contributed by atoms with Crippen molar-refractivity contribution in [3.8, 4) is 0 Å². The van der Waals surface area contributed by atoms with Crippen LogP contribution in [-0.2, 0) is 12.8 Å². The Morgan fingerprint density at radius 2 is 1.84 bits per heavy atom. The number of nitrogens with zero attached hydrogens (tertiary/aromatic N) is 3. The van der Waals surface area contributed by atoms with Crippen LogP contribution in [0.4, 0.5) is 0 Å². The van der Waals surface area contributed by atoms with Gasteiger partial charge in [0, 0.05) is 52.9 Å². The maximum Gasteiger partial charge on any atom is 0.253 e. The molecule has 1 atom stereocenters. The van der Waals surface area contributed by atoms with Gasteiger partial charge in [-0.15, -0.1) is 0 Å². The largest absolute Gasteiger partial charge is 0.356 e. The van der Waals surface area contributed by atoms with Crippen molar-refractivity contribution >= 4 is 11.9 Å². The summed E-state index contributed by atoms with van der Waals surface area (Å²) < 4.78 is 0. The van der Waals surface area contributed by atoms with E-state index in [4.69, 9.17) is 0 Å². The lowest BCUT2D eigenvalue weighted by atomic mass is 10.1. The van der Waals surface area contributed by atoms with Gasteiger partial charge in [-0.2, -0.15) is 0 Å². The van der Waals surface area contributed by atoms with Crippen molar-refractivity contribution in [1.82, 2.24) is 20.4 Å². The predicted molar refractivity (Wildman–Crippen MR) is 132 cm³/mol. The summed E-state index contributed by atoms with van der Waals surface area (Å²) in [6, 6.07) is 18.6. The highest BCUT2D eigenvalue weighted by molar-refractivity contribution is 5.94. The van der Waals surface area contributed by atoms with E-state index in [1.165, 1.54) is 18.5 Å². The summed E-state index contributed by atoms with van der Waals surface area (Å²) in [4.78, 5) is 20.7. The first-order valence-electron chi connectivity index (χ1n) is 11.6. The van der Waals surface area contributed by atoms with Gasteiger partial charge >= 0.3 is 0 Å². The Labute approximate surface area is 192 Å². The van der Waals surface area contributed by atoms with Crippen molar-refractivity contribution in [3.05, 3.63) is 71.3 Å². The summed E-state index contributed by atoms with van der Waals surface area (Å²) in [5, 5.41) is 6.89. The molecule has 2 aromatic carbocycles. The third kappa shape index (κ3) is 7.38. The monoisotopic (exact) mass is 435 g/mol. The minimum Gasteiger partial charge on any atom is -0.356 e. The molecule has 32 heavy (non-hydrogen) atoms. The molecule has 1 saturated heterocycles. The molecule has 1 aliphatic heterocycles. The fraction of sp³-hybridized carbons (Fsp3) is 0.462. The van der Waals surface area contributed by atoms with E-state index in [1.54, 1.807) is 19.0 Å². The van der Waals surface area contributed by atoms with Crippen molar-refractivity contribution in [2.45, 2.75) is 19.3 Å². The molecular formula is C26H37N5O. The van der Waals surface area contributed by atoms with Crippen LogP contribution >= 0.6 is 0 Å². The minimum atomic E-state index is 0.0339. The number of benzene rings is 2. The lowest BCUT2D eigenvalue weighted by molar-refractivity contribution is 0.0827. The van der Waals surface area contributed by atoms with Crippen LogP contribution in [0.25, 0.3) is 0 Å². The average Bonchev–Trinajstić information content (AvgIpc) is 3.28. The molecule has 6 heteroatoms. The zero-order valence-electron chi connectivity index (χ0n) is 19.7. The van der Waals surface area contributed by atoms with Gasteiger partial charge in [0.05, 0.1) is 0 Å². The van der Waals surface area contributed by atoms with Crippen LogP contribution in [-0.4, -0.2) is 75.5 Å². The van der Waals surface area contributed by atoms with E-state index < -0.39 is 0 Å². The van der Waals surface area contributed by atoms with Gasteiger partial charge in [0.2, 0.25) is 0 Å². The highest BCUT2D eigenvalue weighted by Gasteiger charge is 2.22. The number of carbonyl (C=O) groups is 1. The number of aliphatic imine (C=N–C) groups is 1. The molecule has 0 saturated carbocycles. The van der Waals surface area contributed by atoms with Gasteiger partial charge in [0.15, 0.2) is 5.96 Å². The Bertz CT molecular complexity index is 881. The number of hydrogen-bond donors (Lipinski definition) is 2. The van der Waals surface area contributed by atoms with Gasteiger partial charge < -0.3 is 20.4 Å². The van der Waals surface area contributed by atoms with Crippen LogP contribution in [0.5, 0.6) is 0 Å². The molecule has 1 aliphatic rings. The van der Waals surface area contributed by atoms with Crippen LogP contribution in [0, 0.1) is 5.92 Å². The number of carbonyl (C=O) groups excluding carboxylic acids is 1. The molecule has 2 aromatic rings. The third-order valence-corrected chi connectivity index (χ3v) is 6.00. The number of amides is 1. The van der Waals surface area contributed by atoms with Crippen molar-refractivity contribution < 1.29 is 4.79 Å². The number of nitrogens with one attached hydrogen (secondary N) is 2. The first kappa shape index (κ1) is 23.8. The van der Waals surface area contributed by atoms with Gasteiger partial charge in [0.1, 0.15) is 0 Å². The molecule has 0 bridgehead atoms. The summed E-state index contributed by atoms with van der Waals surface area (Å²) in [6.45, 7) is 5.15. The summed E-state index contributed by atoms with van der Waals surface area (Å²) in [5.74, 6) is 1.53. The Kier molecular flexibility index (Phi) is 9.11. The predicted octanol–water partition coefficient (Wildman–Crippen LogP) is 2.66. The second-order valence-corrected chi connectivity index (χ2v) is 8.72. The molecule has 0 spiro atoms. The van der Waals surface area contributed by atoms with Crippen LogP contribution in [0.3, 0.4) is 0 Å². The zero-order chi connectivity index (χ0) is 22.8. The summed E-state index contributed by atoms with van der Waals surface area (Å²) in [6.07, 6.45) is 3.18. The van der Waals surface area contributed by atoms with Crippen LogP contribution < -0.4 is 10.6 Å². The smallest absolute Gasteiger partial charge is 0.253 e. The molecule has 1 unspecified atom stereocenters. The van der Waals surface area contributed by atoms with Gasteiger partial charge in [-0.05, 0) is 55.0 Å². The summed E-state index contributed by atoms with van der Waals surface area (Å²) in [5.41, 5.74) is 3.29. The average molecular weight is 436 g/mol. The Balaban J connectivity index is 1.36. The minimum absolute atomic E-state index is 0.0339. The van der Waals surface area contributed by atoms with Gasteiger partial charge in [0.25, 0.3) is 5.91 Å². The van der Waals surface area contributed by atoms with E-state index in [-0.39, 0.29) is 5.91 Å². The summed E-state index contributed by atoms with van der Waals surface area (Å²) >= 11 is 0. The third-order valence-electron chi connectivity index (χ3n) is 6.00. The van der Waals surface area contributed by atoms with E-state index in [0.717, 1.165) is 56.1 Å². The van der Waals surface area contributed by atoms with E-state index in [2.05, 4.69) is 56.9 Å². The number of guanidine groups is 1. The lowest BCUT2D eigenvalue weighted by Gasteiger charge is -2.18. The van der Waals surface area contributed by atoms with Gasteiger partial charge in [-0.3, -0.25) is 9.79 Å². The highest BCUT2D eigenvalue weighted by atomic mass is 16.2. The molecule has 1 heterocycles. The molecule has 0 aromatic heterocycles. The standard InChI is InChI=1S/C26H37N5O/c1-27-26(28-15-12-22-10-7-11-24(18-22)25(32)30(2)3)29-19-23-14-17-31(20-23)16-13-21-8-5-4-6-9-21/h4-11,18,23H,12-17,19-20H2,1-3H3,(H2,27,28,29). The SMILES string of the molecule is CN=C(NCCc1cccc(C(=O)N(C)C)c1)NCC1CCN(CCc2ccccc2)C1. The molecule has 2 N–H and O–H groups in total. The van der Waals surface area contributed by atoms with E-state index >= 15 is 0 Å². The highest BCUT2D eigenvalue weighted by Crippen LogP contribution is 2.16. The number of rotatable bonds is 9. The van der Waals surface area contributed by atoms with E-state index in [1.807, 2.05) is 25.2 Å². The van der Waals surface area contributed by atoms with Crippen LogP contribution in [0.2, 0.25) is 0 Å². The van der Waals surface area contributed by atoms with Crippen molar-refractivity contribution in [1.29, 1.82) is 0 Å². The maximum atomic E-state index is 12.2. The van der Waals surface area contributed by atoms with Crippen LogP contribution in [0.15, 0.2) is 59.6 Å². The molecule has 172 valence electrons. The molecular weight excluding hydrogens is 398 g/mol. The number of hydrogen-bond acceptors (Lipinski definition) is 3. The van der Waals surface area contributed by atoms with Gasteiger partial charge in [-0.25, -0.2) is 0 Å². The molecule has 0 radical (unpaired) electrons. The molecule has 1 fully saturated rings. The lowest BCUT2D eigenvalue weighted by Crippen LogP contribution is -2.41. The van der Waals surface area contributed by atoms with Gasteiger partial charge in [-0.1, -0.05) is 42.5 Å². The fourth-order valence-corrected chi connectivity index (χ4v) is 4.12. The summed E-state index contributed by atoms with van der Waals surface area (Å²) in [7, 11) is 5.37. The maximum absolute atomic E-state index is 12.2. The first-order chi connectivity index (χ1) is 15.5. The second kappa shape index (κ2) is 12.2. The quantitative estimate of drug-likeness (QED) is 0.470. The Hall–Kier alpha value is -2.86. The topological polar surface area (TPSA) is 60.0 Å². The van der Waals surface area contributed by atoms with Crippen molar-refractivity contribution in [3.63, 3.8) is 0 Å². The van der Waals surface area contributed by atoms with Crippen molar-refractivity contribution in [2.75, 3.05) is 53.9 Å². The van der Waals surface area contributed by atoms with E-state index in [9.17, 15) is 4.79 Å². The second-order valence-electron chi connectivity index (χ2n) is 8.72. The zero-order valence-corrected chi connectivity index (χ0v) is 19.7. The molecule has 0 aliphatic carbocycles. The van der Waals surface area contributed by atoms with Crippen LogP contribution in [0.1, 0.15) is 27.9 Å². The fourth-order valence-electron chi connectivity index (χ4n) is 4.12. The molecule has 3 rings (SSSR count). The Morgan fingerprint density at radius 3 is 2.59 bits per heavy atom. The normalized spacial score (nSPS) is 16.7.